The first-order valence-corrected chi connectivity index (χ1v) is 11.2. The molecule has 1 aromatic heterocycles. The number of fused-ring (bicyclic) bond motifs is 1. The van der Waals surface area contributed by atoms with Gasteiger partial charge < -0.3 is 0 Å². The zero-order chi connectivity index (χ0) is 22.0. The Labute approximate surface area is 185 Å². The van der Waals surface area contributed by atoms with Crippen molar-refractivity contribution in [3.05, 3.63) is 86.8 Å². The molecule has 0 fully saturated rings. The maximum atomic E-state index is 13.6. The van der Waals surface area contributed by atoms with Crippen LogP contribution in [0.2, 0.25) is 0 Å². The van der Waals surface area contributed by atoms with Gasteiger partial charge in [0.15, 0.2) is 0 Å². The van der Waals surface area contributed by atoms with E-state index in [1.54, 1.807) is 0 Å². The highest BCUT2D eigenvalue weighted by Gasteiger charge is 2.28. The monoisotopic (exact) mass is 416 g/mol. The molecule has 0 amide bonds. The van der Waals surface area contributed by atoms with Crippen LogP contribution in [-0.4, -0.2) is 27.7 Å². The molecule has 0 bridgehead atoms. The summed E-state index contributed by atoms with van der Waals surface area (Å²) in [5, 5.41) is 0. The van der Waals surface area contributed by atoms with E-state index in [-0.39, 0.29) is 5.56 Å². The standard InChI is InChI=1S/C26H32N4O/c1-5-6-14-28-17-29(24-13-12-19(2)15-20(24)3)26-27-21(4)23(25(31)30(26)18-28)16-22-10-8-7-9-11-22/h7-13,15H,5-6,14,16-18H2,1-4H3. The van der Waals surface area contributed by atoms with Crippen LogP contribution in [0, 0.1) is 20.8 Å². The van der Waals surface area contributed by atoms with Crippen LogP contribution in [0.3, 0.4) is 0 Å². The fourth-order valence-electron chi connectivity index (χ4n) is 4.35. The first-order chi connectivity index (χ1) is 15.0. The lowest BCUT2D eigenvalue weighted by atomic mass is 10.0. The van der Waals surface area contributed by atoms with Gasteiger partial charge in [0.25, 0.3) is 5.56 Å². The van der Waals surface area contributed by atoms with E-state index in [1.807, 2.05) is 29.7 Å². The molecule has 0 saturated carbocycles. The van der Waals surface area contributed by atoms with Gasteiger partial charge in [-0.3, -0.25) is 19.2 Å². The van der Waals surface area contributed by atoms with Crippen molar-refractivity contribution >= 4 is 11.6 Å². The van der Waals surface area contributed by atoms with Gasteiger partial charge in [0.2, 0.25) is 5.95 Å². The van der Waals surface area contributed by atoms with E-state index in [2.05, 4.69) is 60.9 Å². The smallest absolute Gasteiger partial charge is 0.259 e. The molecule has 0 spiro atoms. The van der Waals surface area contributed by atoms with E-state index < -0.39 is 0 Å². The van der Waals surface area contributed by atoms with E-state index in [9.17, 15) is 4.79 Å². The predicted octanol–water partition coefficient (Wildman–Crippen LogP) is 4.93. The molecular formula is C26H32N4O. The molecule has 5 heteroatoms. The lowest BCUT2D eigenvalue weighted by Gasteiger charge is -2.39. The van der Waals surface area contributed by atoms with E-state index in [1.165, 1.54) is 11.1 Å². The molecular weight excluding hydrogens is 384 g/mol. The summed E-state index contributed by atoms with van der Waals surface area (Å²) in [5.41, 5.74) is 6.36. The number of unbranched alkanes of at least 4 members (excludes halogenated alkanes) is 1. The molecule has 0 aliphatic carbocycles. The zero-order valence-electron chi connectivity index (χ0n) is 19.1. The molecule has 0 saturated heterocycles. The molecule has 3 aromatic rings. The molecule has 4 rings (SSSR count). The third kappa shape index (κ3) is 4.42. The summed E-state index contributed by atoms with van der Waals surface area (Å²) in [6.07, 6.45) is 2.85. The maximum Gasteiger partial charge on any atom is 0.259 e. The van der Waals surface area contributed by atoms with Gasteiger partial charge in [-0.15, -0.1) is 0 Å². The van der Waals surface area contributed by atoms with E-state index in [4.69, 9.17) is 4.98 Å². The summed E-state index contributed by atoms with van der Waals surface area (Å²) in [6, 6.07) is 16.6. The molecule has 0 radical (unpaired) electrons. The molecule has 1 aliphatic rings. The van der Waals surface area contributed by atoms with Gasteiger partial charge in [-0.25, -0.2) is 4.98 Å². The molecule has 5 nitrogen and oxygen atoms in total. The van der Waals surface area contributed by atoms with Crippen molar-refractivity contribution in [3.8, 4) is 0 Å². The number of hydrogen-bond donors (Lipinski definition) is 0. The highest BCUT2D eigenvalue weighted by molar-refractivity contribution is 5.63. The fourth-order valence-corrected chi connectivity index (χ4v) is 4.35. The lowest BCUT2D eigenvalue weighted by Crippen LogP contribution is -2.48. The molecule has 2 heterocycles. The second kappa shape index (κ2) is 9.06. The topological polar surface area (TPSA) is 41.4 Å². The van der Waals surface area contributed by atoms with Crippen molar-refractivity contribution in [2.75, 3.05) is 18.1 Å². The van der Waals surface area contributed by atoms with Gasteiger partial charge in [-0.1, -0.05) is 61.4 Å². The second-order valence-corrected chi connectivity index (χ2v) is 8.62. The highest BCUT2D eigenvalue weighted by Crippen LogP contribution is 2.31. The van der Waals surface area contributed by atoms with Crippen molar-refractivity contribution < 1.29 is 0 Å². The van der Waals surface area contributed by atoms with Crippen LogP contribution in [0.1, 0.15) is 47.7 Å². The van der Waals surface area contributed by atoms with Crippen LogP contribution < -0.4 is 10.5 Å². The number of aromatic nitrogens is 2. The first-order valence-electron chi connectivity index (χ1n) is 11.2. The van der Waals surface area contributed by atoms with Crippen LogP contribution in [0.25, 0.3) is 0 Å². The molecule has 0 N–H and O–H groups in total. The van der Waals surface area contributed by atoms with Gasteiger partial charge in [-0.2, -0.15) is 0 Å². The number of rotatable bonds is 6. The molecule has 0 atom stereocenters. The Morgan fingerprint density at radius 2 is 1.77 bits per heavy atom. The fraction of sp³-hybridized carbons (Fsp3) is 0.385. The first kappa shape index (κ1) is 21.3. The number of benzene rings is 2. The third-order valence-electron chi connectivity index (χ3n) is 6.07. The van der Waals surface area contributed by atoms with Gasteiger partial charge >= 0.3 is 0 Å². The summed E-state index contributed by atoms with van der Waals surface area (Å²) >= 11 is 0. The second-order valence-electron chi connectivity index (χ2n) is 8.62. The van der Waals surface area contributed by atoms with Crippen molar-refractivity contribution in [1.82, 2.24) is 14.5 Å². The normalized spacial score (nSPS) is 14.0. The van der Waals surface area contributed by atoms with E-state index in [0.29, 0.717) is 13.1 Å². The largest absolute Gasteiger partial charge is 0.298 e. The Kier molecular flexibility index (Phi) is 6.23. The molecule has 1 aliphatic heterocycles. The maximum absolute atomic E-state index is 13.6. The van der Waals surface area contributed by atoms with Crippen molar-refractivity contribution in [2.24, 2.45) is 0 Å². The number of hydrogen-bond acceptors (Lipinski definition) is 4. The van der Waals surface area contributed by atoms with Gasteiger partial charge in [0.05, 0.1) is 19.0 Å². The summed E-state index contributed by atoms with van der Waals surface area (Å²) in [4.78, 5) is 23.2. The Morgan fingerprint density at radius 3 is 2.48 bits per heavy atom. The van der Waals surface area contributed by atoms with Gasteiger partial charge in [-0.05, 0) is 44.4 Å². The van der Waals surface area contributed by atoms with Crippen LogP contribution in [0.15, 0.2) is 53.3 Å². The minimum Gasteiger partial charge on any atom is -0.298 e. The SMILES string of the molecule is CCCCN1CN(c2ccc(C)cc2C)c2nc(C)c(Cc3ccccc3)c(=O)n2C1. The Bertz CT molecular complexity index is 1120. The Hall–Kier alpha value is -2.92. The highest BCUT2D eigenvalue weighted by atomic mass is 16.1. The summed E-state index contributed by atoms with van der Waals surface area (Å²) < 4.78 is 1.86. The van der Waals surface area contributed by atoms with Crippen LogP contribution in [-0.2, 0) is 13.1 Å². The number of anilines is 2. The van der Waals surface area contributed by atoms with Crippen LogP contribution >= 0.6 is 0 Å². The predicted molar refractivity (Wildman–Crippen MR) is 127 cm³/mol. The van der Waals surface area contributed by atoms with Crippen molar-refractivity contribution in [2.45, 2.75) is 53.6 Å². The molecule has 162 valence electrons. The molecule has 31 heavy (non-hydrogen) atoms. The zero-order valence-corrected chi connectivity index (χ0v) is 19.1. The van der Waals surface area contributed by atoms with Crippen LogP contribution in [0.5, 0.6) is 0 Å². The quantitative estimate of drug-likeness (QED) is 0.571. The average Bonchev–Trinajstić information content (AvgIpc) is 2.76. The molecule has 2 aromatic carbocycles. The molecule has 0 unspecified atom stereocenters. The summed E-state index contributed by atoms with van der Waals surface area (Å²) in [7, 11) is 0. The number of nitrogens with zero attached hydrogens (tertiary/aromatic N) is 4. The van der Waals surface area contributed by atoms with E-state index in [0.717, 1.165) is 54.5 Å². The van der Waals surface area contributed by atoms with Crippen molar-refractivity contribution in [3.63, 3.8) is 0 Å². The van der Waals surface area contributed by atoms with Crippen molar-refractivity contribution in [1.29, 1.82) is 0 Å². The Morgan fingerprint density at radius 1 is 1.00 bits per heavy atom. The lowest BCUT2D eigenvalue weighted by molar-refractivity contribution is 0.195. The van der Waals surface area contributed by atoms with Crippen LogP contribution in [0.4, 0.5) is 11.6 Å². The van der Waals surface area contributed by atoms with Gasteiger partial charge in [0, 0.05) is 24.2 Å². The minimum atomic E-state index is 0.0716. The summed E-state index contributed by atoms with van der Waals surface area (Å²) in [5.74, 6) is 0.749. The third-order valence-corrected chi connectivity index (χ3v) is 6.07. The number of aryl methyl sites for hydroxylation is 3. The summed E-state index contributed by atoms with van der Waals surface area (Å²) in [6.45, 7) is 10.7. The van der Waals surface area contributed by atoms with E-state index >= 15 is 0 Å². The average molecular weight is 417 g/mol. The van der Waals surface area contributed by atoms with Gasteiger partial charge in [0.1, 0.15) is 0 Å². The Balaban J connectivity index is 1.81. The minimum absolute atomic E-state index is 0.0716.